The maximum absolute atomic E-state index is 5.84. The second kappa shape index (κ2) is 3.75. The van der Waals surface area contributed by atoms with Crippen molar-refractivity contribution in [3.05, 3.63) is 0 Å². The van der Waals surface area contributed by atoms with Crippen LogP contribution in [-0.4, -0.2) is 30.6 Å². The predicted molar refractivity (Wildman–Crippen MR) is 53.1 cm³/mol. The lowest BCUT2D eigenvalue weighted by atomic mass is 9.90. The fourth-order valence-corrected chi connectivity index (χ4v) is 1.72. The summed E-state index contributed by atoms with van der Waals surface area (Å²) in [5, 5.41) is 0. The van der Waals surface area contributed by atoms with Crippen molar-refractivity contribution < 1.29 is 0 Å². The number of rotatable bonds is 3. The molecule has 1 rings (SSSR count). The summed E-state index contributed by atoms with van der Waals surface area (Å²) in [4.78, 5) is 2.49. The van der Waals surface area contributed by atoms with Crippen LogP contribution in [0.25, 0.3) is 0 Å². The lowest BCUT2D eigenvalue weighted by Crippen LogP contribution is -2.34. The Morgan fingerprint density at radius 3 is 2.58 bits per heavy atom. The molecule has 72 valence electrons. The van der Waals surface area contributed by atoms with E-state index in [-0.39, 0.29) is 0 Å². The first-order chi connectivity index (χ1) is 5.53. The van der Waals surface area contributed by atoms with Crippen LogP contribution in [0, 0.1) is 5.41 Å². The van der Waals surface area contributed by atoms with Gasteiger partial charge in [-0.1, -0.05) is 20.8 Å². The van der Waals surface area contributed by atoms with Crippen LogP contribution >= 0.6 is 0 Å². The molecule has 0 spiro atoms. The molecule has 1 aliphatic rings. The van der Waals surface area contributed by atoms with Gasteiger partial charge >= 0.3 is 0 Å². The first-order valence-corrected chi connectivity index (χ1v) is 5.01. The molecule has 0 aromatic carbocycles. The molecule has 1 atom stereocenters. The minimum Gasteiger partial charge on any atom is -0.326 e. The maximum atomic E-state index is 5.84. The van der Waals surface area contributed by atoms with Gasteiger partial charge in [-0.05, 0) is 24.8 Å². The molecule has 2 nitrogen and oxygen atoms in total. The summed E-state index contributed by atoms with van der Waals surface area (Å²) in [6.45, 7) is 10.4. The molecule has 1 heterocycles. The van der Waals surface area contributed by atoms with Gasteiger partial charge in [-0.3, -0.25) is 0 Å². The Balaban J connectivity index is 2.32. The van der Waals surface area contributed by atoms with E-state index in [4.69, 9.17) is 5.73 Å². The highest BCUT2D eigenvalue weighted by atomic mass is 15.2. The van der Waals surface area contributed by atoms with Crippen LogP contribution in [0.2, 0.25) is 0 Å². The lowest BCUT2D eigenvalue weighted by molar-refractivity contribution is 0.202. The topological polar surface area (TPSA) is 29.3 Å². The zero-order chi connectivity index (χ0) is 9.19. The van der Waals surface area contributed by atoms with Crippen molar-refractivity contribution in [1.82, 2.24) is 4.90 Å². The van der Waals surface area contributed by atoms with Gasteiger partial charge in [0, 0.05) is 19.1 Å². The first kappa shape index (κ1) is 10.0. The third kappa shape index (κ3) is 2.76. The van der Waals surface area contributed by atoms with Crippen molar-refractivity contribution in [3.63, 3.8) is 0 Å². The monoisotopic (exact) mass is 170 g/mol. The second-order valence-electron chi connectivity index (χ2n) is 4.80. The molecule has 0 radical (unpaired) electrons. The molecule has 12 heavy (non-hydrogen) atoms. The van der Waals surface area contributed by atoms with Gasteiger partial charge in [-0.2, -0.15) is 0 Å². The summed E-state index contributed by atoms with van der Waals surface area (Å²) in [5.41, 5.74) is 6.31. The van der Waals surface area contributed by atoms with E-state index in [1.54, 1.807) is 0 Å². The van der Waals surface area contributed by atoms with Gasteiger partial charge in [0.05, 0.1) is 0 Å². The van der Waals surface area contributed by atoms with Crippen molar-refractivity contribution in [1.29, 1.82) is 0 Å². The van der Waals surface area contributed by atoms with Crippen LogP contribution < -0.4 is 5.73 Å². The number of hydrogen-bond donors (Lipinski definition) is 1. The van der Waals surface area contributed by atoms with Crippen LogP contribution in [0.15, 0.2) is 0 Å². The number of nitrogens with two attached hydrogens (primary N) is 1. The van der Waals surface area contributed by atoms with Crippen LogP contribution in [0.5, 0.6) is 0 Å². The van der Waals surface area contributed by atoms with Crippen molar-refractivity contribution >= 4 is 0 Å². The van der Waals surface area contributed by atoms with Gasteiger partial charge in [0.2, 0.25) is 0 Å². The van der Waals surface area contributed by atoms with Crippen molar-refractivity contribution in [2.24, 2.45) is 11.1 Å². The molecule has 0 saturated carbocycles. The van der Waals surface area contributed by atoms with Crippen LogP contribution in [-0.2, 0) is 0 Å². The molecule has 1 aliphatic heterocycles. The zero-order valence-corrected chi connectivity index (χ0v) is 8.64. The third-order valence-corrected chi connectivity index (χ3v) is 2.92. The summed E-state index contributed by atoms with van der Waals surface area (Å²) in [6, 6.07) is 0.428. The normalized spacial score (nSPS) is 26.5. The number of likely N-dealkylation sites (tertiary alicyclic amines) is 1. The summed E-state index contributed by atoms with van der Waals surface area (Å²) in [6.07, 6.45) is 2.43. The average molecular weight is 170 g/mol. The van der Waals surface area contributed by atoms with Gasteiger partial charge in [0.15, 0.2) is 0 Å². The van der Waals surface area contributed by atoms with Gasteiger partial charge < -0.3 is 10.6 Å². The molecule has 0 bridgehead atoms. The van der Waals surface area contributed by atoms with E-state index in [1.807, 2.05) is 0 Å². The zero-order valence-electron chi connectivity index (χ0n) is 8.64. The summed E-state index contributed by atoms with van der Waals surface area (Å²) in [5.74, 6) is 0. The van der Waals surface area contributed by atoms with E-state index >= 15 is 0 Å². The third-order valence-electron chi connectivity index (χ3n) is 2.92. The molecule has 0 unspecified atom stereocenters. The Bertz CT molecular complexity index is 143. The molecule has 0 aliphatic carbocycles. The Morgan fingerprint density at radius 1 is 1.50 bits per heavy atom. The molecule has 1 saturated heterocycles. The largest absolute Gasteiger partial charge is 0.326 e. The predicted octanol–water partition coefficient (Wildman–Crippen LogP) is 1.46. The maximum Gasteiger partial charge on any atom is 0.0180 e. The van der Waals surface area contributed by atoms with Crippen molar-refractivity contribution in [2.45, 2.75) is 39.7 Å². The van der Waals surface area contributed by atoms with Crippen LogP contribution in [0.4, 0.5) is 0 Å². The quantitative estimate of drug-likeness (QED) is 0.694. The molecule has 0 amide bonds. The van der Waals surface area contributed by atoms with Crippen molar-refractivity contribution in [3.8, 4) is 0 Å². The minimum atomic E-state index is 0.428. The first-order valence-electron chi connectivity index (χ1n) is 5.01. The van der Waals surface area contributed by atoms with E-state index in [0.29, 0.717) is 11.5 Å². The summed E-state index contributed by atoms with van der Waals surface area (Å²) < 4.78 is 0. The van der Waals surface area contributed by atoms with E-state index in [9.17, 15) is 0 Å². The Morgan fingerprint density at radius 2 is 2.17 bits per heavy atom. The molecule has 0 aromatic heterocycles. The van der Waals surface area contributed by atoms with E-state index in [0.717, 1.165) is 6.54 Å². The second-order valence-corrected chi connectivity index (χ2v) is 4.80. The van der Waals surface area contributed by atoms with Crippen LogP contribution in [0.3, 0.4) is 0 Å². The fraction of sp³-hybridized carbons (Fsp3) is 1.00. The number of hydrogen-bond acceptors (Lipinski definition) is 2. The smallest absolute Gasteiger partial charge is 0.0180 e. The molecule has 2 heteroatoms. The Kier molecular flexibility index (Phi) is 3.13. The van der Waals surface area contributed by atoms with E-state index < -0.39 is 0 Å². The highest BCUT2D eigenvalue weighted by molar-refractivity contribution is 4.81. The summed E-state index contributed by atoms with van der Waals surface area (Å²) in [7, 11) is 0. The van der Waals surface area contributed by atoms with Crippen LogP contribution in [0.1, 0.15) is 33.6 Å². The van der Waals surface area contributed by atoms with Gasteiger partial charge in [-0.15, -0.1) is 0 Å². The van der Waals surface area contributed by atoms with E-state index in [2.05, 4.69) is 25.7 Å². The fourth-order valence-electron chi connectivity index (χ4n) is 1.72. The van der Waals surface area contributed by atoms with E-state index in [1.165, 1.54) is 25.9 Å². The SMILES string of the molecule is CCC(C)(C)CN1CC[C@@H](N)C1. The molecule has 2 N–H and O–H groups in total. The molecular weight excluding hydrogens is 148 g/mol. The Hall–Kier alpha value is -0.0800. The van der Waals surface area contributed by atoms with Gasteiger partial charge in [0.1, 0.15) is 0 Å². The van der Waals surface area contributed by atoms with Gasteiger partial charge in [-0.25, -0.2) is 0 Å². The van der Waals surface area contributed by atoms with Gasteiger partial charge in [0.25, 0.3) is 0 Å². The standard InChI is InChI=1S/C10H22N2/c1-4-10(2,3)8-12-6-5-9(11)7-12/h9H,4-8,11H2,1-3H3/t9-/m1/s1. The lowest BCUT2D eigenvalue weighted by Gasteiger charge is -2.28. The highest BCUT2D eigenvalue weighted by Crippen LogP contribution is 2.23. The molecular formula is C10H22N2. The summed E-state index contributed by atoms with van der Waals surface area (Å²) >= 11 is 0. The average Bonchev–Trinajstić information content (AvgIpc) is 2.35. The Labute approximate surface area is 76.1 Å². The highest BCUT2D eigenvalue weighted by Gasteiger charge is 2.24. The van der Waals surface area contributed by atoms with Crippen molar-refractivity contribution in [2.75, 3.05) is 19.6 Å². The number of nitrogens with zero attached hydrogens (tertiary/aromatic N) is 1. The minimum absolute atomic E-state index is 0.428. The molecule has 1 fully saturated rings. The molecule has 0 aromatic rings.